The van der Waals surface area contributed by atoms with Gasteiger partial charge < -0.3 is 9.47 Å². The quantitative estimate of drug-likeness (QED) is 0.883. The molecule has 1 aromatic carbocycles. The zero-order valence-electron chi connectivity index (χ0n) is 12.4. The molecule has 24 heavy (non-hydrogen) atoms. The third kappa shape index (κ3) is 2.92. The van der Waals surface area contributed by atoms with Crippen molar-refractivity contribution >= 4 is 11.8 Å². The molecule has 0 saturated heterocycles. The van der Waals surface area contributed by atoms with Gasteiger partial charge in [0.05, 0.1) is 5.69 Å². The summed E-state index contributed by atoms with van der Waals surface area (Å²) in [6, 6.07) is 9.36. The summed E-state index contributed by atoms with van der Waals surface area (Å²) < 4.78 is 50.1. The number of aromatic nitrogens is 1. The van der Waals surface area contributed by atoms with E-state index in [2.05, 4.69) is 10.3 Å². The van der Waals surface area contributed by atoms with E-state index in [9.17, 15) is 18.0 Å². The summed E-state index contributed by atoms with van der Waals surface area (Å²) >= 11 is 0. The van der Waals surface area contributed by atoms with Gasteiger partial charge in [0.25, 0.3) is 5.82 Å². The van der Waals surface area contributed by atoms with Gasteiger partial charge in [0.2, 0.25) is 0 Å². The van der Waals surface area contributed by atoms with E-state index in [0.717, 1.165) is 5.69 Å². The Morgan fingerprint density at radius 1 is 1.08 bits per heavy atom. The zero-order valence-corrected chi connectivity index (χ0v) is 12.4. The van der Waals surface area contributed by atoms with E-state index >= 15 is 0 Å². The lowest BCUT2D eigenvalue weighted by atomic mass is 10.3. The van der Waals surface area contributed by atoms with Crippen molar-refractivity contribution in [2.75, 3.05) is 5.32 Å². The molecule has 0 atom stereocenters. The van der Waals surface area contributed by atoms with Gasteiger partial charge >= 0.3 is 18.1 Å². The predicted octanol–water partition coefficient (Wildman–Crippen LogP) is 2.62. The van der Waals surface area contributed by atoms with Crippen LogP contribution in [0, 0.1) is 6.92 Å². The fourth-order valence-corrected chi connectivity index (χ4v) is 2.15. The molecule has 1 aliphatic heterocycles. The maximum Gasteiger partial charge on any atom is 0.492 e. The van der Waals surface area contributed by atoms with Crippen molar-refractivity contribution in [3.05, 3.63) is 48.2 Å². The summed E-state index contributed by atoms with van der Waals surface area (Å²) in [5.41, 5.74) is 0.721. The molecule has 3 rings (SSSR count). The van der Waals surface area contributed by atoms with Crippen molar-refractivity contribution in [1.82, 2.24) is 5.32 Å². The number of anilines is 1. The number of pyridine rings is 1. The van der Waals surface area contributed by atoms with Crippen LogP contribution in [0.3, 0.4) is 0 Å². The van der Waals surface area contributed by atoms with E-state index in [1.54, 1.807) is 24.4 Å². The van der Waals surface area contributed by atoms with E-state index in [1.807, 2.05) is 0 Å². The minimum Gasteiger partial charge on any atom is -0.424 e. The van der Waals surface area contributed by atoms with Crippen LogP contribution < -0.4 is 25.1 Å². The van der Waals surface area contributed by atoms with Crippen molar-refractivity contribution in [1.29, 1.82) is 0 Å². The molecule has 9 heteroatoms. The maximum absolute atomic E-state index is 13.4. The van der Waals surface area contributed by atoms with Crippen LogP contribution in [-0.4, -0.2) is 18.1 Å². The van der Waals surface area contributed by atoms with Crippen molar-refractivity contribution in [2.45, 2.75) is 19.0 Å². The largest absolute Gasteiger partial charge is 0.492 e. The topological polar surface area (TPSA) is 73.7 Å². The molecule has 1 aromatic heterocycles. The van der Waals surface area contributed by atoms with Crippen LogP contribution >= 0.6 is 0 Å². The van der Waals surface area contributed by atoms with Crippen LogP contribution in [0.15, 0.2) is 42.5 Å². The molecule has 126 valence electrons. The number of nitrogens with one attached hydrogen (secondary N) is 3. The van der Waals surface area contributed by atoms with Crippen molar-refractivity contribution in [3.63, 3.8) is 0 Å². The molecule has 2 amide bonds. The molecule has 3 N–H and O–H groups in total. The van der Waals surface area contributed by atoms with Gasteiger partial charge in [-0.05, 0) is 25.1 Å². The summed E-state index contributed by atoms with van der Waals surface area (Å²) in [6.45, 7) is 1.74. The number of carbonyl (C=O) groups is 1. The van der Waals surface area contributed by atoms with E-state index in [0.29, 0.717) is 0 Å². The van der Waals surface area contributed by atoms with Crippen LogP contribution in [0.5, 0.6) is 11.5 Å². The first-order valence-electron chi connectivity index (χ1n) is 6.91. The van der Waals surface area contributed by atoms with Crippen LogP contribution in [-0.2, 0) is 0 Å². The highest BCUT2D eigenvalue weighted by atomic mass is 19.4. The number of amides is 2. The van der Waals surface area contributed by atoms with Gasteiger partial charge in [0, 0.05) is 6.07 Å². The average molecular weight is 340 g/mol. The van der Waals surface area contributed by atoms with Crippen molar-refractivity contribution in [2.24, 2.45) is 0 Å². The lowest BCUT2D eigenvalue weighted by molar-refractivity contribution is -0.370. The third-order valence-electron chi connectivity index (χ3n) is 3.20. The molecule has 0 bridgehead atoms. The number of benzene rings is 1. The number of urea groups is 1. The van der Waals surface area contributed by atoms with E-state index < -0.39 is 18.1 Å². The molecule has 1 aliphatic rings. The number of hydrogen-bond acceptors (Lipinski definition) is 3. The van der Waals surface area contributed by atoms with Gasteiger partial charge in [0.1, 0.15) is 0 Å². The number of H-pyrrole nitrogens is 1. The standard InChI is InChI=1S/C15H12F3N3O3/c1-9-5-4-8-12(19-9)20-13(22)21-15(14(16,17)18)23-10-6-2-3-7-11(10)24-15/h2-8H,1H3,(H2,19,20,21,22)/p+1. The van der Waals surface area contributed by atoms with Crippen LogP contribution in [0.2, 0.25) is 0 Å². The molecule has 0 unspecified atom stereocenters. The van der Waals surface area contributed by atoms with E-state index in [-0.39, 0.29) is 17.3 Å². The van der Waals surface area contributed by atoms with Gasteiger partial charge in [0.15, 0.2) is 11.5 Å². The van der Waals surface area contributed by atoms with E-state index in [4.69, 9.17) is 9.47 Å². The number of para-hydroxylation sites is 2. The molecular weight excluding hydrogens is 327 g/mol. The highest BCUT2D eigenvalue weighted by Crippen LogP contribution is 2.44. The number of aryl methyl sites for hydroxylation is 1. The second-order valence-electron chi connectivity index (χ2n) is 5.09. The fraction of sp³-hybridized carbons (Fsp3) is 0.200. The molecule has 6 nitrogen and oxygen atoms in total. The molecular formula is C15H13F3N3O3+. The van der Waals surface area contributed by atoms with Gasteiger partial charge in [-0.25, -0.2) is 15.1 Å². The highest BCUT2D eigenvalue weighted by molar-refractivity contribution is 5.88. The number of aromatic amines is 1. The number of hydrogen-bond donors (Lipinski definition) is 2. The van der Waals surface area contributed by atoms with Crippen molar-refractivity contribution < 1.29 is 32.4 Å². The normalized spacial score (nSPS) is 15.0. The molecule has 2 aromatic rings. The summed E-state index contributed by atoms with van der Waals surface area (Å²) in [5.74, 6) is -3.29. The molecule has 0 radical (unpaired) electrons. The summed E-state index contributed by atoms with van der Waals surface area (Å²) in [6.07, 6.45) is -5.00. The first-order chi connectivity index (χ1) is 11.3. The molecule has 0 saturated carbocycles. The number of carbonyl (C=O) groups excluding carboxylic acids is 1. The second kappa shape index (κ2) is 5.59. The Hall–Kier alpha value is -2.97. The smallest absolute Gasteiger partial charge is 0.424 e. The predicted molar refractivity (Wildman–Crippen MR) is 76.4 cm³/mol. The van der Waals surface area contributed by atoms with Crippen LogP contribution in [0.4, 0.5) is 23.8 Å². The number of alkyl halides is 3. The molecule has 2 heterocycles. The Bertz CT molecular complexity index is 755. The summed E-state index contributed by atoms with van der Waals surface area (Å²) in [7, 11) is 0. The maximum atomic E-state index is 13.4. The van der Waals surface area contributed by atoms with Gasteiger partial charge in [-0.1, -0.05) is 18.2 Å². The highest BCUT2D eigenvalue weighted by Gasteiger charge is 2.66. The molecule has 0 aliphatic carbocycles. The zero-order chi connectivity index (χ0) is 17.4. The Labute approximate surface area is 134 Å². The van der Waals surface area contributed by atoms with Gasteiger partial charge in [-0.2, -0.15) is 18.5 Å². The lowest BCUT2D eigenvalue weighted by Crippen LogP contribution is -2.65. The van der Waals surface area contributed by atoms with Gasteiger partial charge in [-0.15, -0.1) is 0 Å². The number of rotatable bonds is 2. The number of fused-ring (bicyclic) bond motifs is 1. The van der Waals surface area contributed by atoms with Gasteiger partial charge in [-0.3, -0.25) is 0 Å². The van der Waals surface area contributed by atoms with E-state index in [1.165, 1.54) is 30.3 Å². The van der Waals surface area contributed by atoms with Crippen LogP contribution in [0.1, 0.15) is 5.69 Å². The summed E-state index contributed by atoms with van der Waals surface area (Å²) in [5, 5.41) is 3.98. The average Bonchev–Trinajstić information content (AvgIpc) is 2.85. The van der Waals surface area contributed by atoms with Crippen molar-refractivity contribution in [3.8, 4) is 11.5 Å². The second-order valence-corrected chi connectivity index (χ2v) is 5.09. The minimum absolute atomic E-state index is 0.114. The summed E-state index contributed by atoms with van der Waals surface area (Å²) in [4.78, 5) is 14.8. The molecule has 0 spiro atoms. The Morgan fingerprint density at radius 3 is 2.25 bits per heavy atom. The number of ether oxygens (including phenoxy) is 2. The Morgan fingerprint density at radius 2 is 1.71 bits per heavy atom. The fourth-order valence-electron chi connectivity index (χ4n) is 2.15. The SMILES string of the molecule is Cc1cccc(NC(=O)NC2(C(F)(F)F)Oc3ccccc3O2)[nH+]1. The molecule has 0 fully saturated rings. The Balaban J connectivity index is 1.81. The Kier molecular flexibility index (Phi) is 3.70. The first-order valence-corrected chi connectivity index (χ1v) is 6.91. The minimum atomic E-state index is -5.00. The number of halogens is 3. The first kappa shape index (κ1) is 15.9. The van der Waals surface area contributed by atoms with Crippen LogP contribution in [0.25, 0.3) is 0 Å². The lowest BCUT2D eigenvalue weighted by Gasteiger charge is -2.28. The third-order valence-corrected chi connectivity index (χ3v) is 3.20. The monoisotopic (exact) mass is 340 g/mol.